The number of halogens is 1. The first kappa shape index (κ1) is 11.4. The fourth-order valence-electron chi connectivity index (χ4n) is 0.680. The molecule has 0 radical (unpaired) electrons. The average molecular weight is 238 g/mol. The predicted octanol–water partition coefficient (Wildman–Crippen LogP) is 1.74. The number of hydrogen-bond acceptors (Lipinski definition) is 2. The predicted molar refractivity (Wildman–Crippen MR) is 40.1 cm³/mol. The Bertz CT molecular complexity index is 301. The maximum absolute atomic E-state index is 10.4. The van der Waals surface area contributed by atoms with Crippen LogP contribution in [0.3, 0.4) is 0 Å². The van der Waals surface area contributed by atoms with Crippen LogP contribution in [0.25, 0.3) is 0 Å². The number of aromatic hydroxyl groups is 1. The molecule has 0 aliphatic heterocycles. The van der Waals surface area contributed by atoms with Gasteiger partial charge in [-0.2, -0.15) is 0 Å². The quantitative estimate of drug-likeness (QED) is 0.732. The zero-order valence-corrected chi connectivity index (χ0v) is 9.84. The molecule has 2 N–H and O–H groups in total. The molecule has 0 unspecified atom stereocenters. The molecule has 0 saturated carbocycles. The minimum absolute atomic E-state index is 0. The van der Waals surface area contributed by atoms with Crippen molar-refractivity contribution in [2.75, 3.05) is 0 Å². The second-order valence-electron chi connectivity index (χ2n) is 1.97. The van der Waals surface area contributed by atoms with Gasteiger partial charge in [-0.15, -0.1) is 0 Å². The summed E-state index contributed by atoms with van der Waals surface area (Å²) in [4.78, 5) is 10.4. The van der Waals surface area contributed by atoms with Crippen molar-refractivity contribution in [3.05, 3.63) is 28.8 Å². The second-order valence-corrected chi connectivity index (χ2v) is 2.40. The van der Waals surface area contributed by atoms with Crippen molar-refractivity contribution in [2.45, 2.75) is 0 Å². The normalized spacial score (nSPS) is 8.75. The fourth-order valence-corrected chi connectivity index (χ4v) is 0.852. The number of hydrogen-bond donors (Lipinski definition) is 2. The number of carboxylic acid groups (broad SMARTS) is 1. The molecule has 0 saturated heterocycles. The summed E-state index contributed by atoms with van der Waals surface area (Å²) >= 11 is 5.49. The third kappa shape index (κ3) is 2.47. The largest absolute Gasteiger partial charge is 0.507 e. The van der Waals surface area contributed by atoms with Crippen LogP contribution in [0.1, 0.15) is 10.4 Å². The maximum atomic E-state index is 10.4. The Morgan fingerprint density at radius 2 is 2.00 bits per heavy atom. The standard InChI is InChI=1S/C7H5ClO3.Zn/c8-4-1-2-6(9)5(3-4)7(10)11;/h1-3,9H,(H,10,11);. The van der Waals surface area contributed by atoms with Crippen LogP contribution in [0.5, 0.6) is 5.75 Å². The third-order valence-corrected chi connectivity index (χ3v) is 1.42. The second kappa shape index (κ2) is 4.43. The summed E-state index contributed by atoms with van der Waals surface area (Å²) in [5, 5.41) is 17.7. The van der Waals surface area contributed by atoms with Gasteiger partial charge in [0.05, 0.1) is 0 Å². The Balaban J connectivity index is 0.00000121. The Labute approximate surface area is 86.7 Å². The van der Waals surface area contributed by atoms with E-state index >= 15 is 0 Å². The van der Waals surface area contributed by atoms with E-state index in [4.69, 9.17) is 21.8 Å². The summed E-state index contributed by atoms with van der Waals surface area (Å²) < 4.78 is 0. The van der Waals surface area contributed by atoms with E-state index < -0.39 is 5.97 Å². The first-order chi connectivity index (χ1) is 5.11. The van der Waals surface area contributed by atoms with Gasteiger partial charge in [0.15, 0.2) is 0 Å². The molecule has 60 valence electrons. The molecule has 0 spiro atoms. The van der Waals surface area contributed by atoms with E-state index in [9.17, 15) is 4.79 Å². The molecule has 0 aliphatic carbocycles. The van der Waals surface area contributed by atoms with Crippen LogP contribution in [0, 0.1) is 0 Å². The van der Waals surface area contributed by atoms with E-state index in [2.05, 4.69) is 0 Å². The van der Waals surface area contributed by atoms with Crippen LogP contribution < -0.4 is 0 Å². The number of phenols is 1. The third-order valence-electron chi connectivity index (χ3n) is 1.19. The molecule has 0 atom stereocenters. The van der Waals surface area contributed by atoms with Crippen molar-refractivity contribution < 1.29 is 34.5 Å². The summed E-state index contributed by atoms with van der Waals surface area (Å²) in [6.45, 7) is 0. The maximum Gasteiger partial charge on any atom is 0.339 e. The van der Waals surface area contributed by atoms with Crippen molar-refractivity contribution in [1.82, 2.24) is 0 Å². The first-order valence-electron chi connectivity index (χ1n) is 2.83. The molecule has 1 aromatic rings. The molecule has 3 nitrogen and oxygen atoms in total. The molecule has 0 heterocycles. The van der Waals surface area contributed by atoms with Gasteiger partial charge in [-0.25, -0.2) is 4.79 Å². The summed E-state index contributed by atoms with van der Waals surface area (Å²) in [6, 6.07) is 3.86. The van der Waals surface area contributed by atoms with Crippen molar-refractivity contribution in [2.24, 2.45) is 0 Å². The van der Waals surface area contributed by atoms with Crippen LogP contribution in [0.15, 0.2) is 18.2 Å². The van der Waals surface area contributed by atoms with Gasteiger partial charge in [0.25, 0.3) is 0 Å². The van der Waals surface area contributed by atoms with E-state index in [0.717, 1.165) is 0 Å². The van der Waals surface area contributed by atoms with Crippen LogP contribution in [-0.4, -0.2) is 16.2 Å². The molecule has 5 heteroatoms. The number of aromatic carboxylic acids is 1. The molecule has 0 fully saturated rings. The average Bonchev–Trinajstić information content (AvgIpc) is 1.94. The van der Waals surface area contributed by atoms with E-state index in [1.807, 2.05) is 0 Å². The van der Waals surface area contributed by atoms with Crippen LogP contribution >= 0.6 is 11.6 Å². The number of carbonyl (C=O) groups is 1. The molecule has 0 aromatic heterocycles. The molecule has 1 aromatic carbocycles. The minimum Gasteiger partial charge on any atom is -0.507 e. The van der Waals surface area contributed by atoms with E-state index in [1.54, 1.807) is 0 Å². The van der Waals surface area contributed by atoms with Crippen LogP contribution in [0.4, 0.5) is 0 Å². The summed E-state index contributed by atoms with van der Waals surface area (Å²) in [5.41, 5.74) is -0.183. The Kier molecular flexibility index (Phi) is 4.21. The number of benzene rings is 1. The SMILES string of the molecule is O=C(O)c1cc(Cl)ccc1O.[Zn]. The van der Waals surface area contributed by atoms with Gasteiger partial charge in [0.1, 0.15) is 11.3 Å². The molecule has 0 bridgehead atoms. The fraction of sp³-hybridized carbons (Fsp3) is 0. The zero-order chi connectivity index (χ0) is 8.43. The van der Waals surface area contributed by atoms with Gasteiger partial charge in [0.2, 0.25) is 0 Å². The van der Waals surface area contributed by atoms with E-state index in [1.165, 1.54) is 18.2 Å². The smallest absolute Gasteiger partial charge is 0.339 e. The Morgan fingerprint density at radius 1 is 1.42 bits per heavy atom. The molecule has 12 heavy (non-hydrogen) atoms. The minimum atomic E-state index is -1.19. The molecular formula is C7H5ClO3Zn. The van der Waals surface area contributed by atoms with E-state index in [-0.39, 0.29) is 30.8 Å². The number of rotatable bonds is 1. The summed E-state index contributed by atoms with van der Waals surface area (Å²) in [5.74, 6) is -1.47. The summed E-state index contributed by atoms with van der Waals surface area (Å²) in [7, 11) is 0. The van der Waals surface area contributed by atoms with Gasteiger partial charge in [0, 0.05) is 24.5 Å². The van der Waals surface area contributed by atoms with E-state index in [0.29, 0.717) is 5.02 Å². The zero-order valence-electron chi connectivity index (χ0n) is 6.12. The van der Waals surface area contributed by atoms with Crippen molar-refractivity contribution in [3.63, 3.8) is 0 Å². The van der Waals surface area contributed by atoms with Gasteiger partial charge < -0.3 is 10.2 Å². The first-order valence-corrected chi connectivity index (χ1v) is 3.21. The summed E-state index contributed by atoms with van der Waals surface area (Å²) in [6.07, 6.45) is 0. The Morgan fingerprint density at radius 3 is 2.42 bits per heavy atom. The number of carboxylic acids is 1. The van der Waals surface area contributed by atoms with Gasteiger partial charge in [-0.3, -0.25) is 0 Å². The molecular weight excluding hydrogens is 233 g/mol. The molecule has 1 rings (SSSR count). The Hall–Kier alpha value is -0.597. The van der Waals surface area contributed by atoms with Crippen molar-refractivity contribution in [3.8, 4) is 5.75 Å². The van der Waals surface area contributed by atoms with Crippen molar-refractivity contribution in [1.29, 1.82) is 0 Å². The van der Waals surface area contributed by atoms with Crippen molar-refractivity contribution >= 4 is 17.6 Å². The van der Waals surface area contributed by atoms with Gasteiger partial charge in [-0.05, 0) is 18.2 Å². The topological polar surface area (TPSA) is 57.5 Å². The molecule has 0 aliphatic rings. The molecule has 0 amide bonds. The van der Waals surface area contributed by atoms with Crippen LogP contribution in [0.2, 0.25) is 5.02 Å². The van der Waals surface area contributed by atoms with Gasteiger partial charge in [-0.1, -0.05) is 11.6 Å². The monoisotopic (exact) mass is 236 g/mol. The van der Waals surface area contributed by atoms with Crippen LogP contribution in [-0.2, 0) is 19.5 Å². The van der Waals surface area contributed by atoms with Gasteiger partial charge >= 0.3 is 5.97 Å².